The fraction of sp³-hybridized carbons (Fsp3) is 0.333. The molecule has 0 saturated carbocycles. The molecule has 2 aromatic carbocycles. The second-order valence-corrected chi connectivity index (χ2v) is 6.42. The molecule has 146 valence electrons. The van der Waals surface area contributed by atoms with E-state index in [4.69, 9.17) is 20.9 Å². The van der Waals surface area contributed by atoms with Gasteiger partial charge in [0.25, 0.3) is 0 Å². The van der Waals surface area contributed by atoms with Gasteiger partial charge in [-0.3, -0.25) is 9.59 Å². The number of hydrogen-bond donors (Lipinski definition) is 0. The van der Waals surface area contributed by atoms with Gasteiger partial charge in [-0.05, 0) is 30.5 Å². The molecule has 2 rings (SSSR count). The molecule has 0 aliphatic rings. The molecule has 2 unspecified atom stereocenters. The Hall–Kier alpha value is -1.90. The van der Waals surface area contributed by atoms with Crippen LogP contribution in [0.2, 0.25) is 5.02 Å². The highest BCUT2D eigenvalue weighted by atomic mass is 35.5. The lowest BCUT2D eigenvalue weighted by Crippen LogP contribution is -2.25. The van der Waals surface area contributed by atoms with Crippen molar-refractivity contribution in [2.24, 2.45) is 0 Å². The molecule has 4 nitrogen and oxygen atoms in total. The monoisotopic (exact) mass is 408 g/mol. The molecule has 0 aliphatic heterocycles. The standard InChI is InChI=1S/C21H23ClO3.H3OP/c1-3-4-8-14-25-21(24)19(16-11-6-5-7-12-16)20(23)18-15(2)10-9-13-17(18)22;1-2/h5-7,9-13,19H,3-4,8,14H2,1-2H3;2H3. The zero-order valence-corrected chi connectivity index (χ0v) is 17.9. The van der Waals surface area contributed by atoms with E-state index in [2.05, 4.69) is 6.92 Å². The van der Waals surface area contributed by atoms with Gasteiger partial charge in [-0.1, -0.05) is 73.8 Å². The third kappa shape index (κ3) is 6.64. The van der Waals surface area contributed by atoms with Crippen LogP contribution in [0.15, 0.2) is 48.5 Å². The molecule has 0 spiro atoms. The van der Waals surface area contributed by atoms with Gasteiger partial charge in [0.05, 0.1) is 20.7 Å². The van der Waals surface area contributed by atoms with Crippen LogP contribution in [-0.2, 0) is 14.1 Å². The molecular weight excluding hydrogens is 383 g/mol. The van der Waals surface area contributed by atoms with Gasteiger partial charge in [-0.2, -0.15) is 0 Å². The van der Waals surface area contributed by atoms with Crippen LogP contribution in [0.3, 0.4) is 0 Å². The molecule has 0 heterocycles. The first-order valence-corrected chi connectivity index (χ1v) is 9.81. The second-order valence-electron chi connectivity index (χ2n) is 6.01. The molecule has 2 atom stereocenters. The summed E-state index contributed by atoms with van der Waals surface area (Å²) >= 11 is 6.23. The van der Waals surface area contributed by atoms with Gasteiger partial charge < -0.3 is 9.30 Å². The molecule has 0 aromatic heterocycles. The number of aryl methyl sites for hydroxylation is 1. The van der Waals surface area contributed by atoms with Gasteiger partial charge in [0, 0.05) is 5.56 Å². The number of hydrogen-bond acceptors (Lipinski definition) is 4. The maximum atomic E-state index is 13.1. The minimum atomic E-state index is -0.999. The number of carbonyl (C=O) groups excluding carboxylic acids is 2. The van der Waals surface area contributed by atoms with Crippen molar-refractivity contribution in [2.45, 2.75) is 39.0 Å². The van der Waals surface area contributed by atoms with E-state index >= 15 is 0 Å². The predicted octanol–water partition coefficient (Wildman–Crippen LogP) is 5.29. The zero-order valence-electron chi connectivity index (χ0n) is 15.7. The normalized spacial score (nSPS) is 11.2. The number of unbranched alkanes of at least 4 members (excludes halogenated alkanes) is 2. The number of esters is 1. The lowest BCUT2D eigenvalue weighted by atomic mass is 9.89. The number of ketones is 1. The quantitative estimate of drug-likeness (QED) is 0.196. The first kappa shape index (κ1) is 23.1. The summed E-state index contributed by atoms with van der Waals surface area (Å²) < 4.78 is 13.7. The highest BCUT2D eigenvalue weighted by molar-refractivity contribution is 7.00. The zero-order chi connectivity index (χ0) is 20.2. The lowest BCUT2D eigenvalue weighted by molar-refractivity contribution is -0.144. The van der Waals surface area contributed by atoms with Crippen molar-refractivity contribution < 1.29 is 18.9 Å². The van der Waals surface area contributed by atoms with Crippen LogP contribution in [0, 0.1) is 6.92 Å². The predicted molar refractivity (Wildman–Crippen MR) is 112 cm³/mol. The van der Waals surface area contributed by atoms with Crippen LogP contribution in [0.5, 0.6) is 0 Å². The number of carbonyl (C=O) groups is 2. The van der Waals surface area contributed by atoms with E-state index in [0.717, 1.165) is 24.8 Å². The highest BCUT2D eigenvalue weighted by Gasteiger charge is 2.32. The molecule has 6 heteroatoms. The Labute approximate surface area is 167 Å². The molecule has 0 saturated heterocycles. The third-order valence-corrected chi connectivity index (χ3v) is 4.41. The summed E-state index contributed by atoms with van der Waals surface area (Å²) in [4.78, 5) is 25.8. The van der Waals surface area contributed by atoms with Crippen molar-refractivity contribution in [1.29, 1.82) is 0 Å². The number of benzene rings is 2. The Morgan fingerprint density at radius 3 is 2.30 bits per heavy atom. The van der Waals surface area contributed by atoms with Crippen molar-refractivity contribution >= 4 is 32.5 Å². The molecule has 0 aliphatic carbocycles. The number of ether oxygens (including phenoxy) is 1. The van der Waals surface area contributed by atoms with E-state index in [1.54, 1.807) is 36.4 Å². The summed E-state index contributed by atoms with van der Waals surface area (Å²) in [5, 5.41) is 0.352. The molecule has 27 heavy (non-hydrogen) atoms. The SMILES string of the molecule is CCCCCOC(=O)C(C(=O)c1c(C)cccc1Cl)c1ccccc1.O=[PH3]. The summed E-state index contributed by atoms with van der Waals surface area (Å²) in [5.74, 6) is -1.84. The summed E-state index contributed by atoms with van der Waals surface area (Å²) in [6.07, 6.45) is 2.82. The van der Waals surface area contributed by atoms with Crippen LogP contribution < -0.4 is 0 Å². The highest BCUT2D eigenvalue weighted by Crippen LogP contribution is 2.28. The van der Waals surface area contributed by atoms with Gasteiger partial charge in [-0.25, -0.2) is 0 Å². The van der Waals surface area contributed by atoms with Gasteiger partial charge in [-0.15, -0.1) is 0 Å². The van der Waals surface area contributed by atoms with Gasteiger partial charge in [0.2, 0.25) is 0 Å². The lowest BCUT2D eigenvalue weighted by Gasteiger charge is -2.17. The topological polar surface area (TPSA) is 60.4 Å². The molecule has 2 aromatic rings. The fourth-order valence-corrected chi connectivity index (χ4v) is 3.05. The first-order chi connectivity index (χ1) is 13.1. The summed E-state index contributed by atoms with van der Waals surface area (Å²) in [5.41, 5.74) is 1.74. The van der Waals surface area contributed by atoms with Crippen LogP contribution in [-0.4, -0.2) is 18.4 Å². The smallest absolute Gasteiger partial charge is 0.321 e. The average molecular weight is 409 g/mol. The van der Waals surface area contributed by atoms with Crippen molar-refractivity contribution in [2.75, 3.05) is 6.61 Å². The minimum absolute atomic E-state index is 0.324. The number of rotatable bonds is 8. The Morgan fingerprint density at radius 1 is 1.04 bits per heavy atom. The van der Waals surface area contributed by atoms with Crippen molar-refractivity contribution in [3.63, 3.8) is 0 Å². The Balaban J connectivity index is 0.00000176. The van der Waals surface area contributed by atoms with Crippen molar-refractivity contribution in [3.8, 4) is 0 Å². The van der Waals surface area contributed by atoms with Gasteiger partial charge in [0.15, 0.2) is 5.78 Å². The van der Waals surface area contributed by atoms with Gasteiger partial charge >= 0.3 is 5.97 Å². The Bertz CT molecular complexity index is 729. The maximum absolute atomic E-state index is 13.1. The van der Waals surface area contributed by atoms with E-state index in [-0.39, 0.29) is 5.78 Å². The number of Topliss-reactive ketones (excluding diaryl/α,β-unsaturated/α-hetero) is 1. The van der Waals surface area contributed by atoms with E-state index in [0.29, 0.717) is 31.9 Å². The van der Waals surface area contributed by atoms with Crippen LogP contribution in [0.4, 0.5) is 0 Å². The van der Waals surface area contributed by atoms with Crippen LogP contribution >= 0.6 is 20.7 Å². The van der Waals surface area contributed by atoms with E-state index in [9.17, 15) is 9.59 Å². The first-order valence-electron chi connectivity index (χ1n) is 8.86. The largest absolute Gasteiger partial charge is 0.465 e. The molecule has 0 amide bonds. The Morgan fingerprint density at radius 2 is 1.70 bits per heavy atom. The van der Waals surface area contributed by atoms with Crippen molar-refractivity contribution in [1.82, 2.24) is 0 Å². The Kier molecular flexibility index (Phi) is 10.7. The second kappa shape index (κ2) is 12.5. The summed E-state index contributed by atoms with van der Waals surface area (Å²) in [6.45, 7) is 4.22. The molecular formula is C21H26ClO4P. The van der Waals surface area contributed by atoms with Gasteiger partial charge in [0.1, 0.15) is 5.92 Å². The van der Waals surface area contributed by atoms with E-state index in [1.807, 2.05) is 19.1 Å². The molecule has 0 radical (unpaired) electrons. The minimum Gasteiger partial charge on any atom is -0.465 e. The maximum Gasteiger partial charge on any atom is 0.321 e. The van der Waals surface area contributed by atoms with Crippen molar-refractivity contribution in [3.05, 3.63) is 70.2 Å². The van der Waals surface area contributed by atoms with E-state index < -0.39 is 11.9 Å². The third-order valence-electron chi connectivity index (χ3n) is 4.09. The fourth-order valence-electron chi connectivity index (χ4n) is 2.74. The summed E-state index contributed by atoms with van der Waals surface area (Å²) in [7, 11) is 0.611. The molecule has 0 bridgehead atoms. The molecule has 0 fully saturated rings. The molecule has 0 N–H and O–H groups in total. The number of halogens is 1. The van der Waals surface area contributed by atoms with Crippen LogP contribution in [0.1, 0.15) is 53.6 Å². The van der Waals surface area contributed by atoms with E-state index in [1.165, 1.54) is 0 Å². The summed E-state index contributed by atoms with van der Waals surface area (Å²) in [6, 6.07) is 14.3. The van der Waals surface area contributed by atoms with Crippen LogP contribution in [0.25, 0.3) is 0 Å². The average Bonchev–Trinajstić information content (AvgIpc) is 2.68.